The van der Waals surface area contributed by atoms with Gasteiger partial charge < -0.3 is 10.7 Å². The number of rotatable bonds is 4. The van der Waals surface area contributed by atoms with Crippen molar-refractivity contribution in [2.75, 3.05) is 6.54 Å². The lowest BCUT2D eigenvalue weighted by Crippen LogP contribution is -2.22. The van der Waals surface area contributed by atoms with E-state index in [-0.39, 0.29) is 5.41 Å². The van der Waals surface area contributed by atoms with Gasteiger partial charge in [0.2, 0.25) is 0 Å². The van der Waals surface area contributed by atoms with E-state index in [0.29, 0.717) is 0 Å². The van der Waals surface area contributed by atoms with Crippen LogP contribution < -0.4 is 5.73 Å². The van der Waals surface area contributed by atoms with E-state index in [2.05, 4.69) is 50.9 Å². The molecule has 0 aliphatic carbocycles. The Labute approximate surface area is 110 Å². The van der Waals surface area contributed by atoms with Crippen molar-refractivity contribution in [2.45, 2.75) is 46.0 Å². The molecule has 2 heteroatoms. The number of hydrogen-bond acceptors (Lipinski definition) is 1. The van der Waals surface area contributed by atoms with Crippen LogP contribution in [0.25, 0.3) is 10.9 Å². The van der Waals surface area contributed by atoms with Crippen LogP contribution in [0.5, 0.6) is 0 Å². The maximum atomic E-state index is 5.76. The highest BCUT2D eigenvalue weighted by Crippen LogP contribution is 2.36. The molecule has 2 aromatic rings. The summed E-state index contributed by atoms with van der Waals surface area (Å²) in [5.41, 5.74) is 11.3. The van der Waals surface area contributed by atoms with E-state index in [1.807, 2.05) is 0 Å². The van der Waals surface area contributed by atoms with Crippen LogP contribution in [0.2, 0.25) is 0 Å². The third kappa shape index (κ3) is 2.05. The van der Waals surface area contributed by atoms with Crippen molar-refractivity contribution in [3.8, 4) is 0 Å². The molecule has 0 bridgehead atoms. The molecular formula is C16H24N2. The Hall–Kier alpha value is -1.28. The summed E-state index contributed by atoms with van der Waals surface area (Å²) in [6.45, 7) is 9.68. The number of nitrogens with one attached hydrogen (secondary N) is 1. The third-order valence-electron chi connectivity index (χ3n) is 3.93. The summed E-state index contributed by atoms with van der Waals surface area (Å²) in [5.74, 6) is 0. The molecule has 18 heavy (non-hydrogen) atoms. The second-order valence-electron chi connectivity index (χ2n) is 5.74. The van der Waals surface area contributed by atoms with E-state index >= 15 is 0 Å². The number of H-pyrrole nitrogens is 1. The molecule has 0 amide bonds. The number of nitrogens with two attached hydrogens (primary N) is 1. The molecule has 98 valence electrons. The average molecular weight is 244 g/mol. The van der Waals surface area contributed by atoms with Gasteiger partial charge in [-0.3, -0.25) is 0 Å². The first kappa shape index (κ1) is 13.2. The van der Waals surface area contributed by atoms with Crippen LogP contribution in [0.4, 0.5) is 0 Å². The van der Waals surface area contributed by atoms with Crippen LogP contribution in [0.3, 0.4) is 0 Å². The first-order valence-corrected chi connectivity index (χ1v) is 6.82. The van der Waals surface area contributed by atoms with Gasteiger partial charge in [0.25, 0.3) is 0 Å². The average Bonchev–Trinajstić information content (AvgIpc) is 2.65. The minimum absolute atomic E-state index is 0.128. The van der Waals surface area contributed by atoms with Gasteiger partial charge in [0.05, 0.1) is 0 Å². The number of aryl methyl sites for hydroxylation is 2. The molecule has 0 saturated carbocycles. The number of fused-ring (bicyclic) bond motifs is 1. The zero-order chi connectivity index (χ0) is 13.3. The van der Waals surface area contributed by atoms with Gasteiger partial charge in [-0.1, -0.05) is 39.0 Å². The van der Waals surface area contributed by atoms with Gasteiger partial charge in [-0.25, -0.2) is 0 Å². The Morgan fingerprint density at radius 1 is 1.28 bits per heavy atom. The van der Waals surface area contributed by atoms with Gasteiger partial charge in [-0.05, 0) is 42.9 Å². The quantitative estimate of drug-likeness (QED) is 0.846. The fourth-order valence-corrected chi connectivity index (χ4v) is 3.06. The van der Waals surface area contributed by atoms with Crippen molar-refractivity contribution in [1.82, 2.24) is 4.98 Å². The Kier molecular flexibility index (Phi) is 3.49. The molecule has 0 saturated heterocycles. The Morgan fingerprint density at radius 3 is 2.61 bits per heavy atom. The summed E-state index contributed by atoms with van der Waals surface area (Å²) in [6, 6.07) is 6.60. The summed E-state index contributed by atoms with van der Waals surface area (Å²) in [7, 11) is 0. The molecule has 2 nitrogen and oxygen atoms in total. The van der Waals surface area contributed by atoms with Gasteiger partial charge in [-0.15, -0.1) is 0 Å². The molecule has 1 aromatic carbocycles. The number of aromatic amines is 1. The monoisotopic (exact) mass is 244 g/mol. The molecule has 0 radical (unpaired) electrons. The van der Waals surface area contributed by atoms with Crippen LogP contribution in [-0.4, -0.2) is 11.5 Å². The van der Waals surface area contributed by atoms with Crippen LogP contribution in [0, 0.1) is 6.92 Å². The van der Waals surface area contributed by atoms with E-state index in [1.54, 1.807) is 0 Å². The van der Waals surface area contributed by atoms with Crippen LogP contribution in [-0.2, 0) is 11.8 Å². The fourth-order valence-electron chi connectivity index (χ4n) is 3.06. The van der Waals surface area contributed by atoms with Crippen molar-refractivity contribution in [3.63, 3.8) is 0 Å². The molecule has 0 spiro atoms. The van der Waals surface area contributed by atoms with Crippen molar-refractivity contribution < 1.29 is 0 Å². The molecule has 1 aromatic heterocycles. The first-order chi connectivity index (χ1) is 8.51. The SMILES string of the molecule is CCc1cccc2c(C(C)(C)CCN)c(C)[nH]c12. The summed E-state index contributed by atoms with van der Waals surface area (Å²) in [4.78, 5) is 3.57. The molecular weight excluding hydrogens is 220 g/mol. The van der Waals surface area contributed by atoms with Gasteiger partial charge in [0, 0.05) is 16.6 Å². The predicted octanol–water partition coefficient (Wildman–Crippen LogP) is 3.67. The van der Waals surface area contributed by atoms with Crippen molar-refractivity contribution in [2.24, 2.45) is 5.73 Å². The zero-order valence-corrected chi connectivity index (χ0v) is 11.9. The lowest BCUT2D eigenvalue weighted by molar-refractivity contribution is 0.489. The molecule has 0 fully saturated rings. The molecule has 1 heterocycles. The maximum absolute atomic E-state index is 5.76. The van der Waals surface area contributed by atoms with Crippen molar-refractivity contribution in [1.29, 1.82) is 0 Å². The molecule has 0 atom stereocenters. The normalized spacial score (nSPS) is 12.3. The Bertz CT molecular complexity index is 549. The van der Waals surface area contributed by atoms with E-state index in [0.717, 1.165) is 19.4 Å². The maximum Gasteiger partial charge on any atom is 0.0491 e. The second kappa shape index (κ2) is 4.77. The van der Waals surface area contributed by atoms with Crippen molar-refractivity contribution in [3.05, 3.63) is 35.0 Å². The Balaban J connectivity index is 2.68. The molecule has 3 N–H and O–H groups in total. The van der Waals surface area contributed by atoms with E-state index < -0.39 is 0 Å². The topological polar surface area (TPSA) is 41.8 Å². The van der Waals surface area contributed by atoms with Gasteiger partial charge >= 0.3 is 0 Å². The van der Waals surface area contributed by atoms with Crippen molar-refractivity contribution >= 4 is 10.9 Å². The van der Waals surface area contributed by atoms with Crippen LogP contribution in [0.15, 0.2) is 18.2 Å². The third-order valence-corrected chi connectivity index (χ3v) is 3.93. The van der Waals surface area contributed by atoms with E-state index in [9.17, 15) is 0 Å². The highest BCUT2D eigenvalue weighted by atomic mass is 14.7. The van der Waals surface area contributed by atoms with Crippen LogP contribution in [0.1, 0.15) is 44.0 Å². The van der Waals surface area contributed by atoms with Gasteiger partial charge in [-0.2, -0.15) is 0 Å². The summed E-state index contributed by atoms with van der Waals surface area (Å²) >= 11 is 0. The van der Waals surface area contributed by atoms with E-state index in [1.165, 1.54) is 27.7 Å². The predicted molar refractivity (Wildman–Crippen MR) is 79.1 cm³/mol. The lowest BCUT2D eigenvalue weighted by Gasteiger charge is -2.25. The molecule has 0 aliphatic rings. The fraction of sp³-hybridized carbons (Fsp3) is 0.500. The molecule has 0 unspecified atom stereocenters. The standard InChI is InChI=1S/C16H24N2/c1-5-12-7-6-8-13-14(11(2)18-15(12)13)16(3,4)9-10-17/h6-8,18H,5,9-10,17H2,1-4H3. The van der Waals surface area contributed by atoms with Crippen LogP contribution >= 0.6 is 0 Å². The highest BCUT2D eigenvalue weighted by molar-refractivity contribution is 5.88. The smallest absolute Gasteiger partial charge is 0.0491 e. The van der Waals surface area contributed by atoms with E-state index in [4.69, 9.17) is 5.73 Å². The number of hydrogen-bond donors (Lipinski definition) is 2. The summed E-state index contributed by atoms with van der Waals surface area (Å²) in [6.07, 6.45) is 2.07. The molecule has 0 aliphatic heterocycles. The largest absolute Gasteiger partial charge is 0.358 e. The minimum Gasteiger partial charge on any atom is -0.358 e. The minimum atomic E-state index is 0.128. The molecule has 2 rings (SSSR count). The number of benzene rings is 1. The number of para-hydroxylation sites is 1. The first-order valence-electron chi connectivity index (χ1n) is 6.82. The number of aromatic nitrogens is 1. The van der Waals surface area contributed by atoms with Gasteiger partial charge in [0.15, 0.2) is 0 Å². The highest BCUT2D eigenvalue weighted by Gasteiger charge is 2.25. The summed E-state index contributed by atoms with van der Waals surface area (Å²) < 4.78 is 0. The lowest BCUT2D eigenvalue weighted by atomic mass is 9.80. The summed E-state index contributed by atoms with van der Waals surface area (Å²) in [5, 5.41) is 1.37. The van der Waals surface area contributed by atoms with Gasteiger partial charge in [0.1, 0.15) is 0 Å². The zero-order valence-electron chi connectivity index (χ0n) is 11.9. The Morgan fingerprint density at radius 2 is 2.00 bits per heavy atom. The second-order valence-corrected chi connectivity index (χ2v) is 5.74.